The van der Waals surface area contributed by atoms with E-state index >= 15 is 0 Å². The molecule has 6 heteroatoms. The second kappa shape index (κ2) is 5.31. The molecule has 0 aliphatic carbocycles. The van der Waals surface area contributed by atoms with Crippen LogP contribution in [0.5, 0.6) is 0 Å². The van der Waals surface area contributed by atoms with E-state index in [4.69, 9.17) is 27.6 Å². The van der Waals surface area contributed by atoms with Gasteiger partial charge >= 0.3 is 0 Å². The molecule has 0 aliphatic heterocycles. The third kappa shape index (κ3) is 2.87. The van der Waals surface area contributed by atoms with Gasteiger partial charge in [0.05, 0.1) is 5.02 Å². The van der Waals surface area contributed by atoms with Gasteiger partial charge in [0.15, 0.2) is 5.22 Å². The van der Waals surface area contributed by atoms with Crippen LogP contribution in [0.15, 0.2) is 33.2 Å². The standard InChI is InChI=1S/C11H5Br2Cl2FO/c12-6-4-8(16)5(3-7(6)14)11(13)9-1-2-10(15)17-9/h1-4,11H. The summed E-state index contributed by atoms with van der Waals surface area (Å²) in [5, 5.41) is 0.691. The minimum absolute atomic E-state index is 0.257. The average Bonchev–Trinajstić information content (AvgIpc) is 2.69. The van der Waals surface area contributed by atoms with Crippen LogP contribution in [-0.4, -0.2) is 0 Å². The highest BCUT2D eigenvalue weighted by Gasteiger charge is 2.19. The summed E-state index contributed by atoms with van der Waals surface area (Å²) in [5.41, 5.74) is 0.393. The van der Waals surface area contributed by atoms with E-state index < -0.39 is 4.83 Å². The number of hydrogen-bond acceptors (Lipinski definition) is 1. The highest BCUT2D eigenvalue weighted by molar-refractivity contribution is 9.10. The molecular weight excluding hydrogens is 398 g/mol. The molecule has 0 N–H and O–H groups in total. The first-order valence-corrected chi connectivity index (χ1v) is 6.99. The van der Waals surface area contributed by atoms with Crippen molar-refractivity contribution in [2.75, 3.05) is 0 Å². The minimum Gasteiger partial charge on any atom is -0.448 e. The maximum absolute atomic E-state index is 13.8. The topological polar surface area (TPSA) is 13.1 Å². The van der Waals surface area contributed by atoms with Gasteiger partial charge in [-0.15, -0.1) is 0 Å². The molecule has 0 aliphatic rings. The van der Waals surface area contributed by atoms with Gasteiger partial charge in [-0.3, -0.25) is 0 Å². The van der Waals surface area contributed by atoms with Gasteiger partial charge in [0.1, 0.15) is 16.4 Å². The van der Waals surface area contributed by atoms with Gasteiger partial charge < -0.3 is 4.42 Å². The SMILES string of the molecule is Fc1cc(Br)c(Cl)cc1C(Br)c1ccc(Cl)o1. The summed E-state index contributed by atoms with van der Waals surface area (Å²) in [7, 11) is 0. The molecule has 0 spiro atoms. The maximum atomic E-state index is 13.8. The van der Waals surface area contributed by atoms with E-state index in [1.54, 1.807) is 12.1 Å². The van der Waals surface area contributed by atoms with Gasteiger partial charge in [-0.25, -0.2) is 4.39 Å². The van der Waals surface area contributed by atoms with Crippen LogP contribution >= 0.6 is 55.1 Å². The predicted molar refractivity (Wildman–Crippen MR) is 73.6 cm³/mol. The van der Waals surface area contributed by atoms with E-state index in [0.717, 1.165) is 0 Å². The van der Waals surface area contributed by atoms with E-state index in [0.29, 0.717) is 20.8 Å². The van der Waals surface area contributed by atoms with Crippen molar-refractivity contribution in [3.63, 3.8) is 0 Å². The molecule has 0 saturated carbocycles. The van der Waals surface area contributed by atoms with Gasteiger partial charge in [0.2, 0.25) is 0 Å². The van der Waals surface area contributed by atoms with E-state index in [-0.39, 0.29) is 11.0 Å². The first-order chi connectivity index (χ1) is 7.99. The molecule has 0 saturated heterocycles. The molecule has 1 aromatic carbocycles. The Kier molecular flexibility index (Phi) is 4.18. The number of furan rings is 1. The maximum Gasteiger partial charge on any atom is 0.193 e. The number of halogens is 5. The van der Waals surface area contributed by atoms with Gasteiger partial charge in [-0.2, -0.15) is 0 Å². The zero-order valence-corrected chi connectivity index (χ0v) is 12.9. The second-order valence-electron chi connectivity index (χ2n) is 3.29. The van der Waals surface area contributed by atoms with Crippen molar-refractivity contribution in [2.24, 2.45) is 0 Å². The van der Waals surface area contributed by atoms with Crippen LogP contribution in [0.1, 0.15) is 16.2 Å². The quantitative estimate of drug-likeness (QED) is 0.445. The van der Waals surface area contributed by atoms with Crippen LogP contribution in [0.25, 0.3) is 0 Å². The number of hydrogen-bond donors (Lipinski definition) is 0. The summed E-state index contributed by atoms with van der Waals surface area (Å²) in [6, 6.07) is 6.13. The predicted octanol–water partition coefficient (Wildman–Crippen LogP) is 5.97. The Bertz CT molecular complexity index is 556. The van der Waals surface area contributed by atoms with Gasteiger partial charge in [-0.05, 0) is 51.8 Å². The van der Waals surface area contributed by atoms with Crippen molar-refractivity contribution in [3.05, 3.63) is 56.1 Å². The third-order valence-corrected chi connectivity index (χ3v) is 4.50. The fourth-order valence-electron chi connectivity index (χ4n) is 1.35. The molecule has 2 rings (SSSR count). The Balaban J connectivity index is 2.43. The summed E-state index contributed by atoms with van der Waals surface area (Å²) in [4.78, 5) is -0.430. The number of alkyl halides is 1. The summed E-state index contributed by atoms with van der Waals surface area (Å²) in [5.74, 6) is 0.142. The van der Waals surface area contributed by atoms with E-state index in [1.807, 2.05) is 0 Å². The van der Waals surface area contributed by atoms with Crippen LogP contribution in [0.4, 0.5) is 4.39 Å². The lowest BCUT2D eigenvalue weighted by Gasteiger charge is -2.10. The molecule has 1 nitrogen and oxygen atoms in total. The fourth-order valence-corrected chi connectivity index (χ4v) is 2.59. The number of benzene rings is 1. The molecule has 1 atom stereocenters. The molecule has 0 radical (unpaired) electrons. The van der Waals surface area contributed by atoms with Crippen molar-refractivity contribution >= 4 is 55.1 Å². The largest absolute Gasteiger partial charge is 0.448 e. The Morgan fingerprint density at radius 1 is 1.24 bits per heavy atom. The zero-order chi connectivity index (χ0) is 12.6. The molecule has 2 aromatic rings. The molecule has 17 heavy (non-hydrogen) atoms. The van der Waals surface area contributed by atoms with Crippen LogP contribution in [0.3, 0.4) is 0 Å². The van der Waals surface area contributed by atoms with Gasteiger partial charge in [0.25, 0.3) is 0 Å². The summed E-state index contributed by atoms with van der Waals surface area (Å²) in [6.45, 7) is 0. The second-order valence-corrected chi connectivity index (χ2v) is 5.84. The molecule has 1 heterocycles. The van der Waals surface area contributed by atoms with Gasteiger partial charge in [-0.1, -0.05) is 27.5 Å². The normalized spacial score (nSPS) is 12.8. The van der Waals surface area contributed by atoms with Crippen LogP contribution < -0.4 is 0 Å². The molecule has 0 bridgehead atoms. The van der Waals surface area contributed by atoms with Crippen molar-refractivity contribution in [1.82, 2.24) is 0 Å². The van der Waals surface area contributed by atoms with Crippen molar-refractivity contribution in [3.8, 4) is 0 Å². The van der Waals surface area contributed by atoms with Crippen LogP contribution in [0, 0.1) is 5.82 Å². The lowest BCUT2D eigenvalue weighted by Crippen LogP contribution is -1.95. The van der Waals surface area contributed by atoms with E-state index in [2.05, 4.69) is 31.9 Å². The minimum atomic E-state index is -0.430. The summed E-state index contributed by atoms with van der Waals surface area (Å²) >= 11 is 18.1. The molecule has 1 aromatic heterocycles. The third-order valence-electron chi connectivity index (χ3n) is 2.16. The molecule has 90 valence electrons. The summed E-state index contributed by atoms with van der Waals surface area (Å²) in [6.07, 6.45) is 0. The molecule has 1 unspecified atom stereocenters. The Morgan fingerprint density at radius 3 is 2.53 bits per heavy atom. The Labute approximate surface area is 124 Å². The van der Waals surface area contributed by atoms with Gasteiger partial charge in [0, 0.05) is 10.0 Å². The lowest BCUT2D eigenvalue weighted by molar-refractivity contribution is 0.515. The fraction of sp³-hybridized carbons (Fsp3) is 0.0909. The first kappa shape index (κ1) is 13.4. The van der Waals surface area contributed by atoms with Crippen LogP contribution in [0.2, 0.25) is 10.2 Å². The van der Waals surface area contributed by atoms with Crippen molar-refractivity contribution in [1.29, 1.82) is 0 Å². The molecule has 0 amide bonds. The highest BCUT2D eigenvalue weighted by Crippen LogP contribution is 2.37. The molecule has 0 fully saturated rings. The van der Waals surface area contributed by atoms with Crippen molar-refractivity contribution in [2.45, 2.75) is 4.83 Å². The lowest BCUT2D eigenvalue weighted by atomic mass is 10.1. The summed E-state index contributed by atoms with van der Waals surface area (Å²) < 4.78 is 19.5. The Morgan fingerprint density at radius 2 is 1.94 bits per heavy atom. The molecular formula is C11H5Br2Cl2FO. The zero-order valence-electron chi connectivity index (χ0n) is 8.18. The van der Waals surface area contributed by atoms with E-state index in [1.165, 1.54) is 12.1 Å². The van der Waals surface area contributed by atoms with E-state index in [9.17, 15) is 4.39 Å². The Hall–Kier alpha value is -0.0300. The smallest absolute Gasteiger partial charge is 0.193 e. The van der Waals surface area contributed by atoms with Crippen molar-refractivity contribution < 1.29 is 8.81 Å². The average molecular weight is 403 g/mol. The van der Waals surface area contributed by atoms with Crippen LogP contribution in [-0.2, 0) is 0 Å². The number of rotatable bonds is 2. The highest BCUT2D eigenvalue weighted by atomic mass is 79.9. The monoisotopic (exact) mass is 400 g/mol. The first-order valence-electron chi connectivity index (χ1n) is 4.53.